The summed E-state index contributed by atoms with van der Waals surface area (Å²) < 4.78 is 0. The van der Waals surface area contributed by atoms with Gasteiger partial charge in [-0.2, -0.15) is 0 Å². The molecule has 0 aromatic heterocycles. The standard InChI is InChI=1S/2Ce.H2O2.3O/c;;1-2;;;/h;;1-2H;;;/q2*+3;;3*-2. The zero-order valence-electron chi connectivity index (χ0n) is 3.12. The van der Waals surface area contributed by atoms with Crippen LogP contribution in [-0.2, 0) is 16.4 Å². The van der Waals surface area contributed by atoms with E-state index in [1.807, 2.05) is 0 Å². The van der Waals surface area contributed by atoms with Crippen molar-refractivity contribution < 1.29 is 110 Å². The molecule has 2 N–H and O–H groups in total. The molecule has 0 aliphatic carbocycles. The van der Waals surface area contributed by atoms with Crippen molar-refractivity contribution in [2.45, 2.75) is 0 Å². The molecule has 7 heteroatoms. The number of hydrogen-bond acceptors (Lipinski definition) is 2. The molecule has 0 bridgehead atoms. The Morgan fingerprint density at radius 3 is 0.571 bits per heavy atom. The van der Waals surface area contributed by atoms with Gasteiger partial charge in [0.1, 0.15) is 0 Å². The summed E-state index contributed by atoms with van der Waals surface area (Å²) >= 11 is 0. The van der Waals surface area contributed by atoms with Gasteiger partial charge >= 0.3 is 83.5 Å². The van der Waals surface area contributed by atoms with E-state index in [-0.39, 0.29) is 99.9 Å². The molecule has 0 aromatic carbocycles. The van der Waals surface area contributed by atoms with Crippen molar-refractivity contribution in [2.24, 2.45) is 0 Å². The van der Waals surface area contributed by atoms with E-state index in [1.165, 1.54) is 0 Å². The third kappa shape index (κ3) is 56.3. The van der Waals surface area contributed by atoms with Crippen LogP contribution in [0.2, 0.25) is 0 Å². The smallest absolute Gasteiger partial charge is 2.00 e. The quantitative estimate of drug-likeness (QED) is 0.452. The van der Waals surface area contributed by atoms with E-state index in [2.05, 4.69) is 0 Å². The van der Waals surface area contributed by atoms with Gasteiger partial charge in [0.05, 0.1) is 0 Å². The monoisotopic (exact) mass is 362 g/mol. The van der Waals surface area contributed by atoms with Crippen LogP contribution in [-0.4, -0.2) is 10.5 Å². The van der Waals surface area contributed by atoms with E-state index < -0.39 is 0 Å². The van der Waals surface area contributed by atoms with E-state index in [0.717, 1.165) is 0 Å². The van der Waals surface area contributed by atoms with E-state index in [9.17, 15) is 0 Å². The average Bonchev–Trinajstić information content (AvgIpc) is 1.00. The van der Waals surface area contributed by atoms with E-state index in [4.69, 9.17) is 10.5 Å². The minimum Gasteiger partial charge on any atom is -2.00 e. The zero-order valence-corrected chi connectivity index (χ0v) is 9.40. The van der Waals surface area contributed by atoms with Crippen LogP contribution in [0.5, 0.6) is 0 Å². The number of rotatable bonds is 0. The zero-order chi connectivity index (χ0) is 2.00. The molecule has 0 saturated carbocycles. The molecule has 0 fully saturated rings. The van der Waals surface area contributed by atoms with Gasteiger partial charge in [-0.1, -0.05) is 0 Å². The third-order valence-electron chi connectivity index (χ3n) is 0. The molecule has 0 amide bonds. The van der Waals surface area contributed by atoms with Gasteiger partial charge in [0, 0.05) is 0 Å². The molecule has 40 valence electrons. The van der Waals surface area contributed by atoms with Crippen molar-refractivity contribution in [3.8, 4) is 0 Å². The van der Waals surface area contributed by atoms with Crippen molar-refractivity contribution in [3.05, 3.63) is 0 Å². The van der Waals surface area contributed by atoms with Gasteiger partial charge in [-0.25, -0.2) is 0 Å². The van der Waals surface area contributed by atoms with Crippen LogP contribution >= 0.6 is 0 Å². The molecule has 0 heterocycles. The molecular weight excluding hydrogens is 360 g/mol. The first-order valence-corrected chi connectivity index (χ1v) is 0.200. The Bertz CT molecular complexity index is 6.04. The van der Waals surface area contributed by atoms with Crippen LogP contribution in [0.15, 0.2) is 0 Å². The fourth-order valence-electron chi connectivity index (χ4n) is 0. The Kier molecular flexibility index (Phi) is 592. The topological polar surface area (TPSA) is 126 Å². The Morgan fingerprint density at radius 2 is 0.571 bits per heavy atom. The second-order valence-electron chi connectivity index (χ2n) is 0. The fraction of sp³-hybridized carbons (Fsp3) is 0. The summed E-state index contributed by atoms with van der Waals surface area (Å²) in [5.41, 5.74) is 0. The second-order valence-corrected chi connectivity index (χ2v) is 0. The van der Waals surface area contributed by atoms with Crippen LogP contribution in [0.1, 0.15) is 0 Å². The van der Waals surface area contributed by atoms with Crippen LogP contribution in [0, 0.1) is 83.5 Å². The maximum Gasteiger partial charge on any atom is 3.00 e. The summed E-state index contributed by atoms with van der Waals surface area (Å²) in [7, 11) is 0. The normalized spacial score (nSPS) is 0.857. The Balaban J connectivity index is -0.000000000500. The van der Waals surface area contributed by atoms with Gasteiger partial charge < -0.3 is 16.4 Å². The van der Waals surface area contributed by atoms with Gasteiger partial charge in [-0.05, 0) is 0 Å². The summed E-state index contributed by atoms with van der Waals surface area (Å²) in [5.74, 6) is 0. The molecule has 0 unspecified atom stereocenters. The summed E-state index contributed by atoms with van der Waals surface area (Å²) in [6.45, 7) is 0. The summed E-state index contributed by atoms with van der Waals surface area (Å²) in [6, 6.07) is 0. The van der Waals surface area contributed by atoms with Gasteiger partial charge in [0.15, 0.2) is 0 Å². The molecule has 0 aromatic rings. The summed E-state index contributed by atoms with van der Waals surface area (Å²) in [4.78, 5) is 0. The molecule has 0 spiro atoms. The van der Waals surface area contributed by atoms with Crippen LogP contribution < -0.4 is 0 Å². The first-order chi connectivity index (χ1) is 1.00. The van der Waals surface area contributed by atoms with E-state index in [0.29, 0.717) is 0 Å². The second kappa shape index (κ2) is 74.9. The van der Waals surface area contributed by atoms with Gasteiger partial charge in [-0.3, -0.25) is 10.5 Å². The first kappa shape index (κ1) is 55.4. The number of hydrogen-bond donors (Lipinski definition) is 2. The van der Waals surface area contributed by atoms with Crippen LogP contribution in [0.25, 0.3) is 0 Å². The third-order valence-corrected chi connectivity index (χ3v) is 0. The molecule has 0 aliphatic heterocycles. The van der Waals surface area contributed by atoms with E-state index in [1.54, 1.807) is 0 Å². The van der Waals surface area contributed by atoms with Crippen LogP contribution in [0.3, 0.4) is 0 Å². The predicted octanol–water partition coefficient (Wildman–Crippen LogP) is -0.339. The molecule has 2 radical (unpaired) electrons. The van der Waals surface area contributed by atoms with Crippen molar-refractivity contribution in [1.82, 2.24) is 0 Å². The maximum absolute atomic E-state index is 6.00. The minimum atomic E-state index is 0. The Morgan fingerprint density at radius 1 is 0.571 bits per heavy atom. The predicted molar refractivity (Wildman–Crippen MR) is 7.32 cm³/mol. The van der Waals surface area contributed by atoms with Gasteiger partial charge in [-0.15, -0.1) is 0 Å². The van der Waals surface area contributed by atoms with Crippen molar-refractivity contribution in [3.63, 3.8) is 0 Å². The van der Waals surface area contributed by atoms with Gasteiger partial charge in [0.25, 0.3) is 0 Å². The average molecular weight is 362 g/mol. The van der Waals surface area contributed by atoms with Crippen molar-refractivity contribution in [1.29, 1.82) is 0 Å². The molecule has 5 nitrogen and oxygen atoms in total. The molecule has 0 rings (SSSR count). The van der Waals surface area contributed by atoms with Gasteiger partial charge in [0.2, 0.25) is 0 Å². The van der Waals surface area contributed by atoms with Crippen molar-refractivity contribution >= 4 is 0 Å². The fourth-order valence-corrected chi connectivity index (χ4v) is 0. The summed E-state index contributed by atoms with van der Waals surface area (Å²) in [5, 5.41) is 12.0. The van der Waals surface area contributed by atoms with Crippen LogP contribution in [0.4, 0.5) is 0 Å². The summed E-state index contributed by atoms with van der Waals surface area (Å²) in [6.07, 6.45) is 0. The minimum absolute atomic E-state index is 0. The van der Waals surface area contributed by atoms with E-state index >= 15 is 0 Å². The molecule has 7 heavy (non-hydrogen) atoms. The largest absolute Gasteiger partial charge is 3.00 e. The molecular formula is H2Ce2O5. The van der Waals surface area contributed by atoms with Crippen molar-refractivity contribution in [2.75, 3.05) is 0 Å². The molecule has 0 saturated heterocycles. The SMILES string of the molecule is OO.[Ce+3].[Ce+3].[O-2].[O-2].[O-2]. The Hall–Kier alpha value is 2.55. The first-order valence-electron chi connectivity index (χ1n) is 0.200. The molecule has 0 atom stereocenters. The maximum atomic E-state index is 6.00. The molecule has 0 aliphatic rings. The Labute approximate surface area is 108 Å².